The van der Waals surface area contributed by atoms with Crippen molar-refractivity contribution in [1.82, 2.24) is 15.2 Å². The number of anilines is 1. The van der Waals surface area contributed by atoms with E-state index in [1.54, 1.807) is 24.4 Å². The van der Waals surface area contributed by atoms with Gasteiger partial charge in [-0.1, -0.05) is 12.1 Å². The highest BCUT2D eigenvalue weighted by Crippen LogP contribution is 2.30. The van der Waals surface area contributed by atoms with Crippen LogP contribution in [0.3, 0.4) is 0 Å². The maximum atomic E-state index is 12.8. The lowest BCUT2D eigenvalue weighted by Crippen LogP contribution is -2.35. The minimum absolute atomic E-state index is 0.111. The minimum atomic E-state index is -0.228. The third kappa shape index (κ3) is 5.72. The van der Waals surface area contributed by atoms with Gasteiger partial charge in [-0.3, -0.25) is 9.59 Å². The van der Waals surface area contributed by atoms with Crippen LogP contribution in [0.25, 0.3) is 28.2 Å². The number of amides is 2. The van der Waals surface area contributed by atoms with Crippen LogP contribution in [0.2, 0.25) is 0 Å². The molecule has 0 saturated carbocycles. The molecule has 37 heavy (non-hydrogen) atoms. The summed E-state index contributed by atoms with van der Waals surface area (Å²) in [5.41, 5.74) is 11.0. The van der Waals surface area contributed by atoms with Crippen molar-refractivity contribution in [3.63, 3.8) is 0 Å². The number of furan rings is 1. The highest BCUT2D eigenvalue weighted by atomic mass is 16.3. The topological polar surface area (TPSA) is 101 Å². The molecule has 5 rings (SSSR count). The molecule has 0 unspecified atom stereocenters. The number of hydrogen-bond donors (Lipinski definition) is 2. The Kier molecular flexibility index (Phi) is 7.03. The quantitative estimate of drug-likeness (QED) is 0.352. The Bertz CT molecular complexity index is 1450. The molecular formula is C30H30N4O3. The molecule has 1 aliphatic rings. The van der Waals surface area contributed by atoms with Crippen LogP contribution in [0.15, 0.2) is 71.3 Å². The lowest BCUT2D eigenvalue weighted by atomic mass is 9.99. The van der Waals surface area contributed by atoms with Crippen LogP contribution in [0.1, 0.15) is 46.5 Å². The number of rotatable bonds is 6. The third-order valence-corrected chi connectivity index (χ3v) is 6.63. The number of nitrogens with zero attached hydrogens (tertiary/aromatic N) is 2. The number of piperidine rings is 1. The van der Waals surface area contributed by atoms with E-state index in [1.807, 2.05) is 42.2 Å². The van der Waals surface area contributed by atoms with E-state index in [0.29, 0.717) is 11.6 Å². The number of pyridine rings is 1. The molecule has 2 aromatic carbocycles. The smallest absolute Gasteiger partial charge is 0.253 e. The van der Waals surface area contributed by atoms with Gasteiger partial charge < -0.3 is 20.4 Å². The van der Waals surface area contributed by atoms with E-state index in [4.69, 9.17) is 10.2 Å². The predicted molar refractivity (Wildman–Crippen MR) is 146 cm³/mol. The number of aryl methyl sites for hydroxylation is 1. The number of nitrogens with two attached hydrogens (primary N) is 1. The van der Waals surface area contributed by atoms with Crippen molar-refractivity contribution in [2.24, 2.45) is 0 Å². The fourth-order valence-corrected chi connectivity index (χ4v) is 4.64. The largest absolute Gasteiger partial charge is 0.459 e. The molecule has 7 nitrogen and oxygen atoms in total. The standard InChI is InChI=1S/C30H30N4O3/c1-20-15-24(22-7-9-23(10-8-22)30(36)34-13-3-2-4-14-34)16-25-17-26(37-29(20)25)19-33-28(35)12-6-21-5-11-27(31)32-18-21/h5-12,15-18H,2-4,13-14,19H2,1H3,(H2,31,32)(H,33,35). The van der Waals surface area contributed by atoms with Crippen LogP contribution in [-0.4, -0.2) is 34.8 Å². The van der Waals surface area contributed by atoms with E-state index in [2.05, 4.69) is 22.4 Å². The first kappa shape index (κ1) is 24.3. The summed E-state index contributed by atoms with van der Waals surface area (Å²) in [6.45, 7) is 3.97. The summed E-state index contributed by atoms with van der Waals surface area (Å²) in [6.07, 6.45) is 8.11. The molecule has 4 aromatic rings. The van der Waals surface area contributed by atoms with E-state index in [0.717, 1.165) is 64.7 Å². The second-order valence-electron chi connectivity index (χ2n) is 9.42. The first-order valence-electron chi connectivity index (χ1n) is 12.6. The van der Waals surface area contributed by atoms with Crippen LogP contribution in [0.4, 0.5) is 5.82 Å². The van der Waals surface area contributed by atoms with Crippen LogP contribution in [0, 0.1) is 6.92 Å². The van der Waals surface area contributed by atoms with Gasteiger partial charge in [-0.05, 0) is 97.0 Å². The molecule has 0 atom stereocenters. The number of benzene rings is 2. The number of hydrogen-bond acceptors (Lipinski definition) is 5. The Hall–Kier alpha value is -4.39. The normalized spacial score (nSPS) is 13.8. The van der Waals surface area contributed by atoms with Gasteiger partial charge in [-0.15, -0.1) is 0 Å². The molecule has 7 heteroatoms. The molecular weight excluding hydrogens is 464 g/mol. The lowest BCUT2D eigenvalue weighted by Gasteiger charge is -2.26. The number of nitrogens with one attached hydrogen (secondary N) is 1. The Morgan fingerprint density at radius 3 is 2.54 bits per heavy atom. The van der Waals surface area contributed by atoms with E-state index < -0.39 is 0 Å². The van der Waals surface area contributed by atoms with Gasteiger partial charge in [0.25, 0.3) is 5.91 Å². The number of aromatic nitrogens is 1. The van der Waals surface area contributed by atoms with Crippen molar-refractivity contribution in [2.75, 3.05) is 18.8 Å². The monoisotopic (exact) mass is 494 g/mol. The number of nitrogen functional groups attached to an aromatic ring is 1. The summed E-state index contributed by atoms with van der Waals surface area (Å²) in [5, 5.41) is 3.82. The molecule has 0 radical (unpaired) electrons. The van der Waals surface area contributed by atoms with Crippen LogP contribution >= 0.6 is 0 Å². The summed E-state index contributed by atoms with van der Waals surface area (Å²) >= 11 is 0. The van der Waals surface area contributed by atoms with Crippen molar-refractivity contribution >= 4 is 34.7 Å². The van der Waals surface area contributed by atoms with Gasteiger partial charge in [-0.25, -0.2) is 4.98 Å². The molecule has 0 bridgehead atoms. The summed E-state index contributed by atoms with van der Waals surface area (Å²) in [6, 6.07) is 17.4. The molecule has 2 aromatic heterocycles. The van der Waals surface area contributed by atoms with Gasteiger partial charge in [0, 0.05) is 36.3 Å². The second kappa shape index (κ2) is 10.7. The van der Waals surface area contributed by atoms with Gasteiger partial charge in [0.05, 0.1) is 6.54 Å². The number of carbonyl (C=O) groups is 2. The van der Waals surface area contributed by atoms with E-state index >= 15 is 0 Å². The molecule has 0 aliphatic carbocycles. The van der Waals surface area contributed by atoms with Gasteiger partial charge in [0.15, 0.2) is 0 Å². The highest BCUT2D eigenvalue weighted by Gasteiger charge is 2.18. The summed E-state index contributed by atoms with van der Waals surface area (Å²) in [5.74, 6) is 0.992. The summed E-state index contributed by atoms with van der Waals surface area (Å²) < 4.78 is 6.02. The average molecular weight is 495 g/mol. The van der Waals surface area contributed by atoms with Crippen molar-refractivity contribution in [2.45, 2.75) is 32.7 Å². The molecule has 2 amide bonds. The van der Waals surface area contributed by atoms with Gasteiger partial charge in [0.2, 0.25) is 5.91 Å². The molecule has 0 spiro atoms. The number of carbonyl (C=O) groups excluding carboxylic acids is 2. The Balaban J connectivity index is 1.26. The second-order valence-corrected chi connectivity index (χ2v) is 9.42. The van der Waals surface area contributed by atoms with E-state index in [-0.39, 0.29) is 18.4 Å². The van der Waals surface area contributed by atoms with E-state index in [9.17, 15) is 9.59 Å². The Morgan fingerprint density at radius 2 is 1.81 bits per heavy atom. The molecule has 3 N–H and O–H groups in total. The zero-order valence-electron chi connectivity index (χ0n) is 20.9. The average Bonchev–Trinajstić information content (AvgIpc) is 3.35. The summed E-state index contributed by atoms with van der Waals surface area (Å²) in [4.78, 5) is 31.0. The Labute approximate surface area is 216 Å². The van der Waals surface area contributed by atoms with Crippen LogP contribution in [-0.2, 0) is 11.3 Å². The van der Waals surface area contributed by atoms with Gasteiger partial charge in [-0.2, -0.15) is 0 Å². The summed E-state index contributed by atoms with van der Waals surface area (Å²) in [7, 11) is 0. The SMILES string of the molecule is Cc1cc(-c2ccc(C(=O)N3CCCCC3)cc2)cc2cc(CNC(=O)C=Cc3ccc(N)nc3)oc12. The highest BCUT2D eigenvalue weighted by molar-refractivity contribution is 5.95. The molecule has 1 aliphatic heterocycles. The van der Waals surface area contributed by atoms with Crippen molar-refractivity contribution in [1.29, 1.82) is 0 Å². The maximum Gasteiger partial charge on any atom is 0.253 e. The lowest BCUT2D eigenvalue weighted by molar-refractivity contribution is -0.116. The first-order chi connectivity index (χ1) is 18.0. The number of fused-ring (bicyclic) bond motifs is 1. The first-order valence-corrected chi connectivity index (χ1v) is 12.6. The zero-order chi connectivity index (χ0) is 25.8. The van der Waals surface area contributed by atoms with Gasteiger partial charge in [0.1, 0.15) is 17.2 Å². The molecule has 188 valence electrons. The number of likely N-dealkylation sites (tertiary alicyclic amines) is 1. The Morgan fingerprint density at radius 1 is 1.03 bits per heavy atom. The third-order valence-electron chi connectivity index (χ3n) is 6.63. The van der Waals surface area contributed by atoms with Crippen LogP contribution < -0.4 is 11.1 Å². The van der Waals surface area contributed by atoms with Crippen molar-refractivity contribution in [3.8, 4) is 11.1 Å². The van der Waals surface area contributed by atoms with Crippen LogP contribution in [0.5, 0.6) is 0 Å². The molecule has 1 fully saturated rings. The predicted octanol–water partition coefficient (Wildman–Crippen LogP) is 5.34. The van der Waals surface area contributed by atoms with Crippen molar-refractivity contribution < 1.29 is 14.0 Å². The fourth-order valence-electron chi connectivity index (χ4n) is 4.64. The van der Waals surface area contributed by atoms with E-state index in [1.165, 1.54) is 12.5 Å². The molecule has 3 heterocycles. The zero-order valence-corrected chi connectivity index (χ0v) is 20.9. The van der Waals surface area contributed by atoms with Crippen molar-refractivity contribution in [3.05, 3.63) is 89.3 Å². The fraction of sp³-hybridized carbons (Fsp3) is 0.233. The van der Waals surface area contributed by atoms with Gasteiger partial charge >= 0.3 is 0 Å². The molecule has 1 saturated heterocycles. The minimum Gasteiger partial charge on any atom is -0.459 e. The maximum absolute atomic E-state index is 12.8.